The topological polar surface area (TPSA) is 9.23 Å². The highest BCUT2D eigenvalue weighted by atomic mass is 16.5. The largest absolute Gasteiger partial charge is 0.377 e. The van der Waals surface area contributed by atoms with Crippen molar-refractivity contribution in [3.05, 3.63) is 0 Å². The van der Waals surface area contributed by atoms with Crippen LogP contribution in [0.4, 0.5) is 0 Å². The molecule has 0 bridgehead atoms. The third-order valence-electron chi connectivity index (χ3n) is 3.90. The molecule has 0 aromatic heterocycles. The molecule has 0 radical (unpaired) electrons. The SMILES string of the molecule is CC(C)C1CC2(CCCCC2)CO1. The normalized spacial score (nSPS) is 33.0. The summed E-state index contributed by atoms with van der Waals surface area (Å²) < 4.78 is 5.91. The van der Waals surface area contributed by atoms with Crippen LogP contribution in [0.1, 0.15) is 52.4 Å². The minimum Gasteiger partial charge on any atom is -0.377 e. The first-order chi connectivity index (χ1) is 6.22. The summed E-state index contributed by atoms with van der Waals surface area (Å²) in [5.74, 6) is 0.710. The minimum atomic E-state index is 0.554. The molecular weight excluding hydrogens is 160 g/mol. The Morgan fingerprint density at radius 1 is 1.15 bits per heavy atom. The number of rotatable bonds is 1. The summed E-state index contributed by atoms with van der Waals surface area (Å²) in [4.78, 5) is 0. The van der Waals surface area contributed by atoms with Gasteiger partial charge in [0.1, 0.15) is 0 Å². The Morgan fingerprint density at radius 2 is 1.85 bits per heavy atom. The van der Waals surface area contributed by atoms with E-state index < -0.39 is 0 Å². The van der Waals surface area contributed by atoms with E-state index in [1.165, 1.54) is 38.5 Å². The summed E-state index contributed by atoms with van der Waals surface area (Å²) >= 11 is 0. The van der Waals surface area contributed by atoms with Crippen molar-refractivity contribution >= 4 is 0 Å². The highest BCUT2D eigenvalue weighted by molar-refractivity contribution is 4.90. The lowest BCUT2D eigenvalue weighted by Gasteiger charge is -2.31. The molecule has 1 atom stereocenters. The zero-order valence-corrected chi connectivity index (χ0v) is 9.01. The molecule has 0 amide bonds. The van der Waals surface area contributed by atoms with Crippen LogP contribution < -0.4 is 0 Å². The molecule has 1 nitrogen and oxygen atoms in total. The highest BCUT2D eigenvalue weighted by Crippen LogP contribution is 2.46. The van der Waals surface area contributed by atoms with Crippen molar-refractivity contribution < 1.29 is 4.74 Å². The molecule has 1 heteroatoms. The summed E-state index contributed by atoms with van der Waals surface area (Å²) in [7, 11) is 0. The van der Waals surface area contributed by atoms with Crippen molar-refractivity contribution in [3.8, 4) is 0 Å². The van der Waals surface area contributed by atoms with E-state index in [0.717, 1.165) is 6.61 Å². The lowest BCUT2D eigenvalue weighted by atomic mass is 9.72. The fraction of sp³-hybridized carbons (Fsp3) is 1.00. The first-order valence-electron chi connectivity index (χ1n) is 5.83. The van der Waals surface area contributed by atoms with Gasteiger partial charge in [0.25, 0.3) is 0 Å². The van der Waals surface area contributed by atoms with Crippen molar-refractivity contribution in [2.24, 2.45) is 11.3 Å². The van der Waals surface area contributed by atoms with Gasteiger partial charge >= 0.3 is 0 Å². The van der Waals surface area contributed by atoms with Crippen LogP contribution in [-0.2, 0) is 4.74 Å². The molecule has 1 heterocycles. The van der Waals surface area contributed by atoms with Gasteiger partial charge in [-0.3, -0.25) is 0 Å². The van der Waals surface area contributed by atoms with Gasteiger partial charge in [-0.25, -0.2) is 0 Å². The van der Waals surface area contributed by atoms with E-state index in [4.69, 9.17) is 4.74 Å². The van der Waals surface area contributed by atoms with Crippen molar-refractivity contribution in [3.63, 3.8) is 0 Å². The van der Waals surface area contributed by atoms with Crippen LogP contribution >= 0.6 is 0 Å². The second kappa shape index (κ2) is 3.61. The molecule has 2 rings (SSSR count). The van der Waals surface area contributed by atoms with E-state index in [2.05, 4.69) is 13.8 Å². The van der Waals surface area contributed by atoms with E-state index in [-0.39, 0.29) is 0 Å². The highest BCUT2D eigenvalue weighted by Gasteiger charge is 2.41. The van der Waals surface area contributed by atoms with Gasteiger partial charge in [-0.1, -0.05) is 33.1 Å². The predicted octanol–water partition coefficient (Wildman–Crippen LogP) is 3.38. The first-order valence-corrected chi connectivity index (χ1v) is 5.83. The summed E-state index contributed by atoms with van der Waals surface area (Å²) in [6, 6.07) is 0. The lowest BCUT2D eigenvalue weighted by Crippen LogP contribution is -2.24. The monoisotopic (exact) mass is 182 g/mol. The molecule has 0 aromatic carbocycles. The van der Waals surface area contributed by atoms with Crippen molar-refractivity contribution in [2.45, 2.75) is 58.5 Å². The number of hydrogen-bond acceptors (Lipinski definition) is 1. The van der Waals surface area contributed by atoms with Crippen molar-refractivity contribution in [1.29, 1.82) is 0 Å². The standard InChI is InChI=1S/C12H22O/c1-10(2)11-8-12(9-13-11)6-4-3-5-7-12/h10-11H,3-9H2,1-2H3. The van der Waals surface area contributed by atoms with Gasteiger partial charge in [0.15, 0.2) is 0 Å². The van der Waals surface area contributed by atoms with Crippen LogP contribution in [0.5, 0.6) is 0 Å². The van der Waals surface area contributed by atoms with Gasteiger partial charge in [0.2, 0.25) is 0 Å². The smallest absolute Gasteiger partial charge is 0.0604 e. The van der Waals surface area contributed by atoms with Crippen LogP contribution in [0.2, 0.25) is 0 Å². The average molecular weight is 182 g/mol. The molecule has 2 fully saturated rings. The quantitative estimate of drug-likeness (QED) is 0.604. The van der Waals surface area contributed by atoms with E-state index in [0.29, 0.717) is 17.4 Å². The molecule has 1 saturated carbocycles. The van der Waals surface area contributed by atoms with Gasteiger partial charge in [0.05, 0.1) is 12.7 Å². The Labute approximate surface area is 81.9 Å². The second-order valence-electron chi connectivity index (χ2n) is 5.36. The minimum absolute atomic E-state index is 0.554. The van der Waals surface area contributed by atoms with E-state index >= 15 is 0 Å². The van der Waals surface area contributed by atoms with Gasteiger partial charge in [0, 0.05) is 0 Å². The fourth-order valence-electron chi connectivity index (χ4n) is 2.91. The summed E-state index contributed by atoms with van der Waals surface area (Å²) in [6.07, 6.45) is 9.08. The van der Waals surface area contributed by atoms with E-state index in [9.17, 15) is 0 Å². The molecule has 1 saturated heterocycles. The van der Waals surface area contributed by atoms with E-state index in [1.807, 2.05) is 0 Å². The third kappa shape index (κ3) is 1.90. The molecule has 13 heavy (non-hydrogen) atoms. The summed E-state index contributed by atoms with van der Waals surface area (Å²) in [5.41, 5.74) is 0.604. The molecule has 1 aliphatic heterocycles. The molecule has 2 aliphatic rings. The third-order valence-corrected chi connectivity index (χ3v) is 3.90. The summed E-state index contributed by atoms with van der Waals surface area (Å²) in [5, 5.41) is 0. The molecule has 0 N–H and O–H groups in total. The van der Waals surface area contributed by atoms with Crippen molar-refractivity contribution in [2.75, 3.05) is 6.61 Å². The molecule has 0 aromatic rings. The van der Waals surface area contributed by atoms with Gasteiger partial charge in [-0.15, -0.1) is 0 Å². The Kier molecular flexibility index (Phi) is 2.64. The first kappa shape index (κ1) is 9.51. The van der Waals surface area contributed by atoms with Gasteiger partial charge in [-0.05, 0) is 30.6 Å². The molecule has 76 valence electrons. The van der Waals surface area contributed by atoms with E-state index in [1.54, 1.807) is 0 Å². The number of ether oxygens (including phenoxy) is 1. The molecule has 1 aliphatic carbocycles. The van der Waals surface area contributed by atoms with Crippen LogP contribution in [0.25, 0.3) is 0 Å². The Morgan fingerprint density at radius 3 is 2.38 bits per heavy atom. The van der Waals surface area contributed by atoms with Gasteiger partial charge < -0.3 is 4.74 Å². The second-order valence-corrected chi connectivity index (χ2v) is 5.36. The zero-order valence-electron chi connectivity index (χ0n) is 9.01. The van der Waals surface area contributed by atoms with Crippen LogP contribution in [0.3, 0.4) is 0 Å². The summed E-state index contributed by atoms with van der Waals surface area (Å²) in [6.45, 7) is 5.62. The van der Waals surface area contributed by atoms with Crippen molar-refractivity contribution in [1.82, 2.24) is 0 Å². The molecule has 1 unspecified atom stereocenters. The Hall–Kier alpha value is -0.0400. The Balaban J connectivity index is 1.94. The van der Waals surface area contributed by atoms with Gasteiger partial charge in [-0.2, -0.15) is 0 Å². The maximum atomic E-state index is 5.91. The maximum absolute atomic E-state index is 5.91. The fourth-order valence-corrected chi connectivity index (χ4v) is 2.91. The molecule has 1 spiro atoms. The predicted molar refractivity (Wildman–Crippen MR) is 54.7 cm³/mol. The van der Waals surface area contributed by atoms with Crippen LogP contribution in [0, 0.1) is 11.3 Å². The zero-order chi connectivity index (χ0) is 9.31. The van der Waals surface area contributed by atoms with Crippen LogP contribution in [-0.4, -0.2) is 12.7 Å². The molecular formula is C12H22O. The number of hydrogen-bond donors (Lipinski definition) is 0. The Bertz CT molecular complexity index is 168. The average Bonchev–Trinajstić information content (AvgIpc) is 2.51. The lowest BCUT2D eigenvalue weighted by molar-refractivity contribution is 0.0609. The van der Waals surface area contributed by atoms with Crippen LogP contribution in [0.15, 0.2) is 0 Å². The maximum Gasteiger partial charge on any atom is 0.0604 e.